The fraction of sp³-hybridized carbons (Fsp3) is 0.500. The molecule has 0 unspecified atom stereocenters. The van der Waals surface area contributed by atoms with Crippen LogP contribution in [0.3, 0.4) is 0 Å². The van der Waals surface area contributed by atoms with Gasteiger partial charge in [-0.15, -0.1) is 5.54 Å². The van der Waals surface area contributed by atoms with E-state index in [0.717, 1.165) is 11.6 Å². The number of benzene rings is 1. The Kier molecular flexibility index (Phi) is 7.39. The van der Waals surface area contributed by atoms with Crippen molar-refractivity contribution in [2.45, 2.75) is 45.3 Å². The Labute approximate surface area is 147 Å². The van der Waals surface area contributed by atoms with E-state index in [-0.39, 0.29) is 5.56 Å². The van der Waals surface area contributed by atoms with Gasteiger partial charge in [0.05, 0.1) is 5.56 Å². The van der Waals surface area contributed by atoms with Gasteiger partial charge in [-0.3, -0.25) is 5.41 Å². The van der Waals surface area contributed by atoms with Crippen molar-refractivity contribution < 1.29 is 9.13 Å². The molecule has 0 bridgehead atoms. The van der Waals surface area contributed by atoms with Crippen LogP contribution in [-0.4, -0.2) is 35.5 Å². The highest BCUT2D eigenvalue weighted by molar-refractivity contribution is 6.83. The number of anilines is 1. The van der Waals surface area contributed by atoms with Gasteiger partial charge in [0, 0.05) is 25.9 Å². The molecule has 0 fully saturated rings. The first-order valence-corrected chi connectivity index (χ1v) is 15.4. The summed E-state index contributed by atoms with van der Waals surface area (Å²) in [6.07, 6.45) is 0. The predicted octanol–water partition coefficient (Wildman–Crippen LogP) is 4.93. The van der Waals surface area contributed by atoms with Crippen molar-refractivity contribution in [3.63, 3.8) is 0 Å². The van der Waals surface area contributed by atoms with E-state index in [2.05, 4.69) is 56.1 Å². The monoisotopic (exact) mass is 364 g/mol. The van der Waals surface area contributed by atoms with Crippen LogP contribution in [0.5, 0.6) is 0 Å². The topological polar surface area (TPSA) is 45.1 Å². The smallest absolute Gasteiger partial charge is 0.214 e. The van der Waals surface area contributed by atoms with Gasteiger partial charge in [-0.25, -0.2) is 0 Å². The summed E-state index contributed by atoms with van der Waals surface area (Å²) in [5.74, 6) is 2.13. The summed E-state index contributed by atoms with van der Waals surface area (Å²) in [6.45, 7) is 14.4. The quantitative estimate of drug-likeness (QED) is 0.237. The third kappa shape index (κ3) is 8.43. The normalized spacial score (nSPS) is 11.6. The molecule has 3 nitrogen and oxygen atoms in total. The number of ether oxygens (including phenoxy) is 1. The standard InChI is InChI=1S/C18H29FN2OSi2/c1-23(2,3)11-9-15-7-8-17(16(13-15)18(19)20)21-14-22-10-12-24(4,5)6/h7-8,13,20-21H,10,12,14H2,1-6H3. The molecule has 1 aromatic carbocycles. The van der Waals surface area contributed by atoms with Crippen molar-refractivity contribution >= 4 is 27.8 Å². The first-order chi connectivity index (χ1) is 11.0. The lowest BCUT2D eigenvalue weighted by Crippen LogP contribution is -2.22. The highest BCUT2D eigenvalue weighted by atomic mass is 28.3. The molecule has 0 amide bonds. The molecule has 2 N–H and O–H groups in total. The summed E-state index contributed by atoms with van der Waals surface area (Å²) in [7, 11) is -2.59. The molecule has 0 spiro atoms. The van der Waals surface area contributed by atoms with Crippen LogP contribution in [0.4, 0.5) is 10.1 Å². The third-order valence-electron chi connectivity index (χ3n) is 3.20. The molecule has 132 valence electrons. The Bertz CT molecular complexity index is 637. The Morgan fingerprint density at radius 1 is 1.21 bits per heavy atom. The summed E-state index contributed by atoms with van der Waals surface area (Å²) in [5, 5.41) is 10.4. The summed E-state index contributed by atoms with van der Waals surface area (Å²) in [4.78, 5) is 0. The fourth-order valence-electron chi connectivity index (χ4n) is 1.80. The van der Waals surface area contributed by atoms with Crippen LogP contribution >= 0.6 is 0 Å². The predicted molar refractivity (Wildman–Crippen MR) is 107 cm³/mol. The van der Waals surface area contributed by atoms with E-state index < -0.39 is 22.1 Å². The van der Waals surface area contributed by atoms with Crippen LogP contribution in [0, 0.1) is 16.9 Å². The second kappa shape index (κ2) is 8.61. The maximum atomic E-state index is 13.5. The lowest BCUT2D eigenvalue weighted by molar-refractivity contribution is 0.166. The molecule has 0 aliphatic rings. The van der Waals surface area contributed by atoms with Gasteiger partial charge in [0.25, 0.3) is 0 Å². The minimum Gasteiger partial charge on any atom is -0.362 e. The number of hydrogen-bond acceptors (Lipinski definition) is 3. The van der Waals surface area contributed by atoms with Gasteiger partial charge in [0.2, 0.25) is 5.97 Å². The van der Waals surface area contributed by atoms with E-state index in [1.165, 1.54) is 0 Å². The van der Waals surface area contributed by atoms with Crippen LogP contribution in [0.1, 0.15) is 11.1 Å². The molecular formula is C18H29FN2OSi2. The second-order valence-electron chi connectivity index (χ2n) is 8.11. The molecule has 0 atom stereocenters. The van der Waals surface area contributed by atoms with E-state index in [0.29, 0.717) is 19.0 Å². The van der Waals surface area contributed by atoms with Gasteiger partial charge in [-0.05, 0) is 24.2 Å². The van der Waals surface area contributed by atoms with Crippen LogP contribution in [-0.2, 0) is 4.74 Å². The molecule has 0 aliphatic carbocycles. The molecule has 1 rings (SSSR count). The third-order valence-corrected chi connectivity index (χ3v) is 5.78. The number of hydrogen-bond donors (Lipinski definition) is 2. The van der Waals surface area contributed by atoms with Gasteiger partial charge in [-0.2, -0.15) is 4.39 Å². The van der Waals surface area contributed by atoms with E-state index in [1.54, 1.807) is 12.1 Å². The van der Waals surface area contributed by atoms with E-state index in [1.807, 2.05) is 6.07 Å². The minimum absolute atomic E-state index is 0.228. The van der Waals surface area contributed by atoms with Crippen molar-refractivity contribution in [1.82, 2.24) is 0 Å². The number of halogens is 1. The van der Waals surface area contributed by atoms with Crippen LogP contribution in [0.2, 0.25) is 45.3 Å². The number of rotatable bonds is 7. The Balaban J connectivity index is 2.74. The molecule has 0 heterocycles. The summed E-state index contributed by atoms with van der Waals surface area (Å²) >= 11 is 0. The van der Waals surface area contributed by atoms with Gasteiger partial charge < -0.3 is 10.1 Å². The summed E-state index contributed by atoms with van der Waals surface area (Å²) in [6, 6.07) is 6.33. The SMILES string of the molecule is C[Si](C)(C)C#Cc1ccc(NCOCC[Si](C)(C)C)c(C(=N)F)c1. The largest absolute Gasteiger partial charge is 0.362 e. The lowest BCUT2D eigenvalue weighted by Gasteiger charge is -2.16. The maximum absolute atomic E-state index is 13.5. The van der Waals surface area contributed by atoms with Crippen LogP contribution in [0.25, 0.3) is 0 Å². The molecule has 24 heavy (non-hydrogen) atoms. The molecule has 6 heteroatoms. The van der Waals surface area contributed by atoms with Gasteiger partial charge >= 0.3 is 0 Å². The first kappa shape index (κ1) is 20.6. The molecule has 0 aromatic heterocycles. The number of nitrogens with one attached hydrogen (secondary N) is 2. The maximum Gasteiger partial charge on any atom is 0.214 e. The van der Waals surface area contributed by atoms with Crippen molar-refractivity contribution in [3.05, 3.63) is 29.3 Å². The molecule has 0 saturated carbocycles. The average Bonchev–Trinajstić information content (AvgIpc) is 2.43. The summed E-state index contributed by atoms with van der Waals surface area (Å²) < 4.78 is 19.1. The van der Waals surface area contributed by atoms with E-state index in [4.69, 9.17) is 10.1 Å². The average molecular weight is 365 g/mol. The van der Waals surface area contributed by atoms with Crippen molar-refractivity contribution in [1.29, 1.82) is 5.41 Å². The van der Waals surface area contributed by atoms with E-state index >= 15 is 0 Å². The summed E-state index contributed by atoms with van der Waals surface area (Å²) in [5.41, 5.74) is 4.78. The fourth-order valence-corrected chi connectivity index (χ4v) is 3.07. The first-order valence-electron chi connectivity index (χ1n) is 8.21. The molecular weight excluding hydrogens is 335 g/mol. The Morgan fingerprint density at radius 2 is 1.88 bits per heavy atom. The lowest BCUT2D eigenvalue weighted by atomic mass is 10.1. The van der Waals surface area contributed by atoms with Gasteiger partial charge in [0.15, 0.2) is 0 Å². The van der Waals surface area contributed by atoms with Crippen molar-refractivity contribution in [2.24, 2.45) is 0 Å². The zero-order valence-corrected chi connectivity index (χ0v) is 17.6. The second-order valence-corrected chi connectivity index (χ2v) is 18.5. The zero-order valence-electron chi connectivity index (χ0n) is 15.6. The zero-order chi connectivity index (χ0) is 18.4. The molecule has 0 saturated heterocycles. The highest BCUT2D eigenvalue weighted by Crippen LogP contribution is 2.19. The van der Waals surface area contributed by atoms with E-state index in [9.17, 15) is 4.39 Å². The van der Waals surface area contributed by atoms with Crippen LogP contribution in [0.15, 0.2) is 18.2 Å². The van der Waals surface area contributed by atoms with Gasteiger partial charge in [-0.1, -0.05) is 45.2 Å². The molecule has 1 aromatic rings. The minimum atomic E-state index is -1.48. The van der Waals surface area contributed by atoms with Crippen molar-refractivity contribution in [3.8, 4) is 11.5 Å². The molecule has 0 radical (unpaired) electrons. The van der Waals surface area contributed by atoms with Crippen LogP contribution < -0.4 is 5.32 Å². The molecule has 0 aliphatic heterocycles. The van der Waals surface area contributed by atoms with Gasteiger partial charge in [0.1, 0.15) is 14.8 Å². The van der Waals surface area contributed by atoms with Crippen molar-refractivity contribution in [2.75, 3.05) is 18.7 Å². The Morgan fingerprint density at radius 3 is 2.42 bits per heavy atom. The highest BCUT2D eigenvalue weighted by Gasteiger charge is 2.13. The Hall–Kier alpha value is -1.43.